The molecule has 3 rings (SSSR count). The molecule has 0 aliphatic rings. The number of hydrogen-bond donors (Lipinski definition) is 1. The minimum absolute atomic E-state index is 0.203. The van der Waals surface area contributed by atoms with Gasteiger partial charge >= 0.3 is 0 Å². The molecule has 0 spiro atoms. The van der Waals surface area contributed by atoms with Crippen molar-refractivity contribution in [1.29, 1.82) is 0 Å². The first-order chi connectivity index (χ1) is 10.2. The highest BCUT2D eigenvalue weighted by Gasteiger charge is 2.19. The normalized spacial score (nSPS) is 12.5. The Bertz CT molecular complexity index is 772. The molecule has 0 saturated carbocycles. The second kappa shape index (κ2) is 5.71. The van der Waals surface area contributed by atoms with Gasteiger partial charge in [-0.3, -0.25) is 0 Å². The van der Waals surface area contributed by atoms with Crippen LogP contribution >= 0.6 is 11.6 Å². The van der Waals surface area contributed by atoms with Crippen molar-refractivity contribution in [3.63, 3.8) is 0 Å². The number of hydrogen-bond acceptors (Lipinski definition) is 5. The van der Waals surface area contributed by atoms with E-state index in [-0.39, 0.29) is 6.04 Å². The summed E-state index contributed by atoms with van der Waals surface area (Å²) in [4.78, 5) is 8.29. The standard InChI is InChI=1S/C15H14ClN3O2/c1-17-14(11-7-13(20-2)19-8-18-11)12-6-9-4-3-5-10(16)15(9)21-12/h3-8,14,17H,1-2H3. The van der Waals surface area contributed by atoms with Gasteiger partial charge in [0.25, 0.3) is 0 Å². The zero-order valence-electron chi connectivity index (χ0n) is 11.6. The van der Waals surface area contributed by atoms with Gasteiger partial charge in [-0.05, 0) is 19.2 Å². The molecule has 0 radical (unpaired) electrons. The van der Waals surface area contributed by atoms with Crippen molar-refractivity contribution in [2.75, 3.05) is 14.2 Å². The Labute approximate surface area is 126 Å². The molecule has 0 aliphatic carbocycles. The Morgan fingerprint density at radius 1 is 1.29 bits per heavy atom. The lowest BCUT2D eigenvalue weighted by Gasteiger charge is -2.13. The molecule has 0 amide bonds. The van der Waals surface area contributed by atoms with E-state index in [4.69, 9.17) is 20.8 Å². The lowest BCUT2D eigenvalue weighted by molar-refractivity contribution is 0.394. The van der Waals surface area contributed by atoms with Crippen LogP contribution in [0.25, 0.3) is 11.0 Å². The van der Waals surface area contributed by atoms with Gasteiger partial charge in [-0.15, -0.1) is 0 Å². The van der Waals surface area contributed by atoms with Gasteiger partial charge in [0.05, 0.1) is 17.8 Å². The quantitative estimate of drug-likeness (QED) is 0.802. The van der Waals surface area contributed by atoms with E-state index in [0.717, 1.165) is 16.8 Å². The van der Waals surface area contributed by atoms with E-state index in [9.17, 15) is 0 Å². The van der Waals surface area contributed by atoms with Crippen molar-refractivity contribution >= 4 is 22.6 Å². The van der Waals surface area contributed by atoms with Crippen LogP contribution in [0.1, 0.15) is 17.5 Å². The first kappa shape index (κ1) is 13.9. The van der Waals surface area contributed by atoms with Crippen LogP contribution in [-0.2, 0) is 0 Å². The van der Waals surface area contributed by atoms with Crippen LogP contribution in [0.3, 0.4) is 0 Å². The molecule has 1 N–H and O–H groups in total. The number of nitrogens with zero attached hydrogens (tertiary/aromatic N) is 2. The Morgan fingerprint density at radius 2 is 2.14 bits per heavy atom. The Morgan fingerprint density at radius 3 is 2.86 bits per heavy atom. The first-order valence-electron chi connectivity index (χ1n) is 6.44. The summed E-state index contributed by atoms with van der Waals surface area (Å²) in [7, 11) is 3.41. The monoisotopic (exact) mass is 303 g/mol. The molecule has 108 valence electrons. The fourth-order valence-electron chi connectivity index (χ4n) is 2.25. The van der Waals surface area contributed by atoms with Gasteiger partial charge in [0.2, 0.25) is 5.88 Å². The molecular weight excluding hydrogens is 290 g/mol. The predicted octanol–water partition coefficient (Wildman–Crippen LogP) is 3.19. The number of aromatic nitrogens is 2. The minimum atomic E-state index is -0.203. The average molecular weight is 304 g/mol. The second-order valence-electron chi connectivity index (χ2n) is 4.51. The maximum atomic E-state index is 6.15. The summed E-state index contributed by atoms with van der Waals surface area (Å²) in [5, 5.41) is 4.73. The summed E-state index contributed by atoms with van der Waals surface area (Å²) in [5.41, 5.74) is 1.44. The largest absolute Gasteiger partial charge is 0.481 e. The number of furan rings is 1. The highest BCUT2D eigenvalue weighted by Crippen LogP contribution is 2.31. The van der Waals surface area contributed by atoms with Gasteiger partial charge in [-0.25, -0.2) is 9.97 Å². The molecule has 21 heavy (non-hydrogen) atoms. The molecule has 2 aromatic heterocycles. The summed E-state index contributed by atoms with van der Waals surface area (Å²) in [6.07, 6.45) is 1.47. The van der Waals surface area contributed by atoms with E-state index in [1.807, 2.05) is 25.2 Å². The third-order valence-corrected chi connectivity index (χ3v) is 3.55. The number of benzene rings is 1. The number of halogens is 1. The number of rotatable bonds is 4. The first-order valence-corrected chi connectivity index (χ1v) is 6.82. The van der Waals surface area contributed by atoms with E-state index in [0.29, 0.717) is 16.5 Å². The smallest absolute Gasteiger partial charge is 0.216 e. The van der Waals surface area contributed by atoms with Crippen molar-refractivity contribution in [2.45, 2.75) is 6.04 Å². The SMILES string of the molecule is CNC(c1cc(OC)ncn1)c1cc2cccc(Cl)c2o1. The van der Waals surface area contributed by atoms with Crippen LogP contribution in [0.5, 0.6) is 5.88 Å². The number of para-hydroxylation sites is 1. The minimum Gasteiger partial charge on any atom is -0.481 e. The molecule has 0 bridgehead atoms. The summed E-state index contributed by atoms with van der Waals surface area (Å²) in [6.45, 7) is 0. The summed E-state index contributed by atoms with van der Waals surface area (Å²) in [5.74, 6) is 1.25. The van der Waals surface area contributed by atoms with E-state index in [2.05, 4.69) is 15.3 Å². The molecule has 1 aromatic carbocycles. The van der Waals surface area contributed by atoms with Crippen molar-refractivity contribution in [2.24, 2.45) is 0 Å². The second-order valence-corrected chi connectivity index (χ2v) is 4.92. The molecule has 2 heterocycles. The van der Waals surface area contributed by atoms with Crippen LogP contribution in [-0.4, -0.2) is 24.1 Å². The van der Waals surface area contributed by atoms with Gasteiger partial charge in [0, 0.05) is 11.5 Å². The molecule has 3 aromatic rings. The molecule has 0 fully saturated rings. The van der Waals surface area contributed by atoms with Crippen molar-refractivity contribution < 1.29 is 9.15 Å². The fourth-order valence-corrected chi connectivity index (χ4v) is 2.47. The van der Waals surface area contributed by atoms with Gasteiger partial charge < -0.3 is 14.5 Å². The molecular formula is C15H14ClN3O2. The average Bonchev–Trinajstić information content (AvgIpc) is 2.93. The molecule has 5 nitrogen and oxygen atoms in total. The molecule has 1 unspecified atom stereocenters. The number of nitrogens with one attached hydrogen (secondary N) is 1. The zero-order chi connectivity index (χ0) is 14.8. The highest BCUT2D eigenvalue weighted by molar-refractivity contribution is 6.34. The Balaban J connectivity index is 2.07. The summed E-state index contributed by atoms with van der Waals surface area (Å²) >= 11 is 6.15. The Hall–Kier alpha value is -2.11. The van der Waals surface area contributed by atoms with Crippen LogP contribution in [0.15, 0.2) is 41.1 Å². The van der Waals surface area contributed by atoms with E-state index in [1.165, 1.54) is 6.33 Å². The lowest BCUT2D eigenvalue weighted by atomic mass is 10.1. The van der Waals surface area contributed by atoms with Gasteiger partial charge in [0.15, 0.2) is 5.58 Å². The van der Waals surface area contributed by atoms with E-state index in [1.54, 1.807) is 19.2 Å². The molecule has 1 atom stereocenters. The van der Waals surface area contributed by atoms with Crippen LogP contribution in [0.4, 0.5) is 0 Å². The highest BCUT2D eigenvalue weighted by atomic mass is 35.5. The number of fused-ring (bicyclic) bond motifs is 1. The van der Waals surface area contributed by atoms with Crippen LogP contribution in [0, 0.1) is 0 Å². The van der Waals surface area contributed by atoms with Crippen LogP contribution < -0.4 is 10.1 Å². The summed E-state index contributed by atoms with van der Waals surface area (Å²) in [6, 6.07) is 9.19. The maximum absolute atomic E-state index is 6.15. The fraction of sp³-hybridized carbons (Fsp3) is 0.200. The molecule has 0 aliphatic heterocycles. The maximum Gasteiger partial charge on any atom is 0.216 e. The van der Waals surface area contributed by atoms with Gasteiger partial charge in [-0.1, -0.05) is 23.7 Å². The van der Waals surface area contributed by atoms with Gasteiger partial charge in [0.1, 0.15) is 18.1 Å². The zero-order valence-corrected chi connectivity index (χ0v) is 12.4. The molecule has 0 saturated heterocycles. The number of ether oxygens (including phenoxy) is 1. The third-order valence-electron chi connectivity index (χ3n) is 3.26. The van der Waals surface area contributed by atoms with E-state index >= 15 is 0 Å². The lowest BCUT2D eigenvalue weighted by Crippen LogP contribution is -2.18. The van der Waals surface area contributed by atoms with Crippen LogP contribution in [0.2, 0.25) is 5.02 Å². The predicted molar refractivity (Wildman–Crippen MR) is 80.7 cm³/mol. The number of methoxy groups -OCH3 is 1. The van der Waals surface area contributed by atoms with Crippen molar-refractivity contribution in [3.8, 4) is 5.88 Å². The third kappa shape index (κ3) is 2.57. The molecule has 6 heteroatoms. The Kier molecular flexibility index (Phi) is 3.77. The van der Waals surface area contributed by atoms with Crippen molar-refractivity contribution in [3.05, 3.63) is 53.1 Å². The van der Waals surface area contributed by atoms with Gasteiger partial charge in [-0.2, -0.15) is 0 Å². The van der Waals surface area contributed by atoms with E-state index < -0.39 is 0 Å². The summed E-state index contributed by atoms with van der Waals surface area (Å²) < 4.78 is 11.0. The topological polar surface area (TPSA) is 60.2 Å². The van der Waals surface area contributed by atoms with Crippen molar-refractivity contribution in [1.82, 2.24) is 15.3 Å².